The number of aryl methyl sites for hydroxylation is 1. The summed E-state index contributed by atoms with van der Waals surface area (Å²) >= 11 is 0. The molecule has 0 atom stereocenters. The molecule has 2 aliphatic carbocycles. The molecule has 0 saturated heterocycles. The molecule has 0 bridgehead atoms. The van der Waals surface area contributed by atoms with Gasteiger partial charge in [-0.05, 0) is 84.5 Å². The summed E-state index contributed by atoms with van der Waals surface area (Å²) in [6.45, 7) is 4.60. The van der Waals surface area contributed by atoms with Crippen LogP contribution in [0.4, 0.5) is 17.3 Å². The van der Waals surface area contributed by atoms with E-state index in [0.29, 0.717) is 53.5 Å². The zero-order chi connectivity index (χ0) is 31.9. The van der Waals surface area contributed by atoms with Gasteiger partial charge < -0.3 is 20.6 Å². The van der Waals surface area contributed by atoms with E-state index in [4.69, 9.17) is 10.1 Å². The Labute approximate surface area is 264 Å². The lowest BCUT2D eigenvalue weighted by atomic mass is 9.85. The van der Waals surface area contributed by atoms with E-state index in [1.807, 2.05) is 19.2 Å². The van der Waals surface area contributed by atoms with Gasteiger partial charge in [0.1, 0.15) is 17.2 Å². The second-order valence-electron chi connectivity index (χ2n) is 13.1. The summed E-state index contributed by atoms with van der Waals surface area (Å²) in [6.07, 6.45) is 12.1. The number of aliphatic hydroxyl groups is 1. The zero-order valence-corrected chi connectivity index (χ0v) is 27.3. The van der Waals surface area contributed by atoms with Crippen LogP contribution in [0, 0.1) is 5.92 Å². The van der Waals surface area contributed by atoms with E-state index < -0.39 is 15.6 Å². The predicted octanol–water partition coefficient (Wildman–Crippen LogP) is 3.98. The molecular formula is C31H42N10O3S. The topological polar surface area (TPSA) is 156 Å². The molecule has 0 aromatic carbocycles. The normalized spacial score (nSPS) is 19.2. The number of rotatable bonds is 11. The first-order chi connectivity index (χ1) is 21.4. The number of nitrogens with zero attached hydrogens (tertiary/aromatic N) is 8. The highest BCUT2D eigenvalue weighted by atomic mass is 32.2. The number of nitrogens with one attached hydrogen (secondary N) is 2. The van der Waals surface area contributed by atoms with Crippen molar-refractivity contribution in [3.63, 3.8) is 0 Å². The van der Waals surface area contributed by atoms with E-state index in [-0.39, 0.29) is 5.25 Å². The number of aromatic nitrogens is 7. The highest BCUT2D eigenvalue weighted by Crippen LogP contribution is 2.35. The maximum Gasteiger partial charge on any atom is 0.256 e. The van der Waals surface area contributed by atoms with Crippen molar-refractivity contribution in [3.8, 4) is 22.6 Å². The van der Waals surface area contributed by atoms with Crippen molar-refractivity contribution in [3.05, 3.63) is 48.7 Å². The van der Waals surface area contributed by atoms with Crippen LogP contribution < -0.4 is 10.6 Å². The summed E-state index contributed by atoms with van der Waals surface area (Å²) < 4.78 is 27.9. The minimum Gasteiger partial charge on any atom is -0.384 e. The first kappa shape index (κ1) is 31.1. The molecule has 4 heterocycles. The van der Waals surface area contributed by atoms with E-state index in [0.717, 1.165) is 53.3 Å². The molecule has 6 rings (SSSR count). The van der Waals surface area contributed by atoms with Gasteiger partial charge in [0, 0.05) is 49.3 Å². The van der Waals surface area contributed by atoms with Gasteiger partial charge in [0.25, 0.3) is 10.0 Å². The molecule has 4 aromatic rings. The van der Waals surface area contributed by atoms with Crippen molar-refractivity contribution in [2.75, 3.05) is 31.3 Å². The van der Waals surface area contributed by atoms with Gasteiger partial charge in [0.05, 0.1) is 34.6 Å². The monoisotopic (exact) mass is 634 g/mol. The van der Waals surface area contributed by atoms with Crippen LogP contribution in [0.25, 0.3) is 22.6 Å². The maximum absolute atomic E-state index is 12.6. The van der Waals surface area contributed by atoms with Gasteiger partial charge in [-0.3, -0.25) is 4.68 Å². The Balaban J connectivity index is 1.26. The van der Waals surface area contributed by atoms with Crippen LogP contribution in [0.15, 0.2) is 43.0 Å². The highest BCUT2D eigenvalue weighted by Gasteiger charge is 2.37. The van der Waals surface area contributed by atoms with Gasteiger partial charge in [-0.2, -0.15) is 14.3 Å². The standard InChI is InChI=1S/C31H42N10O3S/c1-31(2,42)27-14-26(38-40(27)5)24-17-33-29(15-25(24)35-22-8-6-20(7-9-22)18-39(3)4)36-28-12-13-32-30(37-28)21-16-34-41(19-21)45(43,44)23-10-11-23/h12-17,19-20,22-23,42H,6-11,18H2,1-5H3,(H2,32,33,35,36,37). The minimum absolute atomic E-state index is 0.309. The molecule has 14 heteroatoms. The van der Waals surface area contributed by atoms with Crippen LogP contribution in [0.1, 0.15) is 58.1 Å². The molecule has 45 heavy (non-hydrogen) atoms. The molecule has 3 N–H and O–H groups in total. The number of pyridine rings is 1. The molecular weight excluding hydrogens is 592 g/mol. The SMILES string of the molecule is CN(C)CC1CCC(Nc2cc(Nc3ccnc(-c4cnn(S(=O)(=O)C5CC5)c4)n3)ncc2-c2cc(C(C)(C)O)n(C)n2)CC1. The molecule has 13 nitrogen and oxygen atoms in total. The Morgan fingerprint density at radius 1 is 1.04 bits per heavy atom. The van der Waals surface area contributed by atoms with E-state index in [9.17, 15) is 13.5 Å². The van der Waals surface area contributed by atoms with Gasteiger partial charge in [-0.1, -0.05) is 0 Å². The summed E-state index contributed by atoms with van der Waals surface area (Å²) in [6, 6.07) is 5.91. The molecule has 4 aromatic heterocycles. The molecule has 2 aliphatic rings. The predicted molar refractivity (Wildman–Crippen MR) is 173 cm³/mol. The quantitative estimate of drug-likeness (QED) is 0.219. The van der Waals surface area contributed by atoms with Gasteiger partial charge in [-0.25, -0.2) is 23.4 Å². The van der Waals surface area contributed by atoms with Crippen LogP contribution in [0.3, 0.4) is 0 Å². The molecule has 0 amide bonds. The molecule has 2 saturated carbocycles. The van der Waals surface area contributed by atoms with Gasteiger partial charge in [0.15, 0.2) is 5.82 Å². The average Bonchev–Trinajstić information content (AvgIpc) is 3.59. The van der Waals surface area contributed by atoms with Crippen molar-refractivity contribution >= 4 is 27.3 Å². The second kappa shape index (κ2) is 12.1. The minimum atomic E-state index is -3.48. The fourth-order valence-corrected chi connectivity index (χ4v) is 7.50. The zero-order valence-electron chi connectivity index (χ0n) is 26.5. The third-order valence-electron chi connectivity index (χ3n) is 8.45. The van der Waals surface area contributed by atoms with Crippen molar-refractivity contribution in [2.24, 2.45) is 13.0 Å². The molecule has 0 radical (unpaired) electrons. The van der Waals surface area contributed by atoms with E-state index in [1.54, 1.807) is 37.0 Å². The summed E-state index contributed by atoms with van der Waals surface area (Å²) in [5, 5.41) is 26.2. The van der Waals surface area contributed by atoms with Crippen molar-refractivity contribution in [1.29, 1.82) is 0 Å². The smallest absolute Gasteiger partial charge is 0.256 e. The summed E-state index contributed by atoms with van der Waals surface area (Å²) in [5.74, 6) is 2.15. The Morgan fingerprint density at radius 3 is 2.47 bits per heavy atom. The maximum atomic E-state index is 12.6. The summed E-state index contributed by atoms with van der Waals surface area (Å²) in [4.78, 5) is 15.9. The van der Waals surface area contributed by atoms with Gasteiger partial charge >= 0.3 is 0 Å². The van der Waals surface area contributed by atoms with Crippen LogP contribution in [-0.4, -0.2) is 84.3 Å². The van der Waals surface area contributed by atoms with E-state index in [1.165, 1.54) is 12.4 Å². The lowest BCUT2D eigenvalue weighted by Gasteiger charge is -2.31. The van der Waals surface area contributed by atoms with Crippen LogP contribution in [0.5, 0.6) is 0 Å². The molecule has 0 spiro atoms. The first-order valence-corrected chi connectivity index (χ1v) is 16.9. The van der Waals surface area contributed by atoms with E-state index in [2.05, 4.69) is 44.7 Å². The van der Waals surface area contributed by atoms with Crippen molar-refractivity contribution < 1.29 is 13.5 Å². The lowest BCUT2D eigenvalue weighted by Crippen LogP contribution is -2.31. The number of anilines is 3. The Morgan fingerprint density at radius 2 is 1.80 bits per heavy atom. The van der Waals surface area contributed by atoms with Crippen LogP contribution >= 0.6 is 0 Å². The number of hydrogen-bond acceptors (Lipinski definition) is 11. The summed E-state index contributed by atoms with van der Waals surface area (Å²) in [5.41, 5.74) is 2.63. The highest BCUT2D eigenvalue weighted by molar-refractivity contribution is 7.90. The first-order valence-electron chi connectivity index (χ1n) is 15.4. The fraction of sp³-hybridized carbons (Fsp3) is 0.516. The Hall–Kier alpha value is -3.88. The molecule has 0 unspecified atom stereocenters. The Bertz CT molecular complexity index is 1760. The van der Waals surface area contributed by atoms with Crippen molar-refractivity contribution in [1.82, 2.24) is 38.8 Å². The largest absolute Gasteiger partial charge is 0.384 e. The van der Waals surface area contributed by atoms with Gasteiger partial charge in [-0.15, -0.1) is 0 Å². The fourth-order valence-electron chi connectivity index (χ4n) is 6.02. The average molecular weight is 635 g/mol. The Kier molecular flexibility index (Phi) is 8.39. The van der Waals surface area contributed by atoms with Crippen LogP contribution in [0.2, 0.25) is 0 Å². The molecule has 2 fully saturated rings. The number of hydrogen-bond donors (Lipinski definition) is 3. The van der Waals surface area contributed by atoms with Crippen molar-refractivity contribution in [2.45, 2.75) is 69.3 Å². The van der Waals surface area contributed by atoms with Crippen LogP contribution in [-0.2, 0) is 22.7 Å². The molecule has 240 valence electrons. The third kappa shape index (κ3) is 7.02. The lowest BCUT2D eigenvalue weighted by molar-refractivity contribution is 0.0695. The van der Waals surface area contributed by atoms with Gasteiger partial charge in [0.2, 0.25) is 0 Å². The summed E-state index contributed by atoms with van der Waals surface area (Å²) in [7, 11) is 2.61. The third-order valence-corrected chi connectivity index (χ3v) is 10.5. The second-order valence-corrected chi connectivity index (χ2v) is 15.1. The molecule has 0 aliphatic heterocycles. The van der Waals surface area contributed by atoms with E-state index >= 15 is 0 Å².